The molecule has 1 aromatic heterocycles. The van der Waals surface area contributed by atoms with Gasteiger partial charge in [-0.25, -0.2) is 4.98 Å². The molecule has 4 heteroatoms. The third kappa shape index (κ3) is 3.94. The molecule has 0 spiro atoms. The third-order valence-corrected chi connectivity index (χ3v) is 3.62. The van der Waals surface area contributed by atoms with Crippen molar-refractivity contribution in [2.75, 3.05) is 23.3 Å². The highest BCUT2D eigenvalue weighted by atomic mass is 16.1. The Labute approximate surface area is 115 Å². The van der Waals surface area contributed by atoms with Crippen molar-refractivity contribution in [3.05, 3.63) is 18.3 Å². The van der Waals surface area contributed by atoms with Crippen molar-refractivity contribution in [3.8, 4) is 0 Å². The predicted octanol–water partition coefficient (Wildman–Crippen LogP) is 3.06. The van der Waals surface area contributed by atoms with Crippen LogP contribution in [0.5, 0.6) is 0 Å². The van der Waals surface area contributed by atoms with Crippen molar-refractivity contribution >= 4 is 17.4 Å². The number of hydrogen-bond acceptors (Lipinski definition) is 3. The Balaban J connectivity index is 1.92. The van der Waals surface area contributed by atoms with E-state index >= 15 is 0 Å². The van der Waals surface area contributed by atoms with E-state index in [1.165, 1.54) is 12.8 Å². The van der Waals surface area contributed by atoms with Crippen LogP contribution in [0.25, 0.3) is 0 Å². The molecule has 2 heterocycles. The zero-order valence-electron chi connectivity index (χ0n) is 11.9. The average Bonchev–Trinajstić information content (AvgIpc) is 2.41. The molecule has 1 N–H and O–H groups in total. The molecule has 0 saturated carbocycles. The maximum atomic E-state index is 11.5. The Morgan fingerprint density at radius 2 is 2.16 bits per heavy atom. The van der Waals surface area contributed by atoms with Crippen molar-refractivity contribution in [2.24, 2.45) is 5.92 Å². The summed E-state index contributed by atoms with van der Waals surface area (Å²) in [6.07, 6.45) is 5.64. The number of pyridine rings is 1. The summed E-state index contributed by atoms with van der Waals surface area (Å²) < 4.78 is 0. The summed E-state index contributed by atoms with van der Waals surface area (Å²) in [6.45, 7) is 6.46. The normalized spacial score (nSPS) is 16.4. The second kappa shape index (κ2) is 6.55. The Morgan fingerprint density at radius 1 is 1.42 bits per heavy atom. The van der Waals surface area contributed by atoms with Gasteiger partial charge in [-0.1, -0.05) is 13.8 Å². The first-order valence-corrected chi connectivity index (χ1v) is 7.20. The van der Waals surface area contributed by atoms with Crippen LogP contribution in [-0.2, 0) is 4.79 Å². The Morgan fingerprint density at radius 3 is 2.74 bits per heavy atom. The van der Waals surface area contributed by atoms with Gasteiger partial charge in [0.15, 0.2) is 0 Å². The molecule has 1 saturated heterocycles. The van der Waals surface area contributed by atoms with Crippen LogP contribution >= 0.6 is 0 Å². The number of nitrogens with zero attached hydrogens (tertiary/aromatic N) is 2. The van der Waals surface area contributed by atoms with E-state index in [-0.39, 0.29) is 5.91 Å². The summed E-state index contributed by atoms with van der Waals surface area (Å²) >= 11 is 0. The maximum Gasteiger partial charge on any atom is 0.224 e. The van der Waals surface area contributed by atoms with E-state index in [4.69, 9.17) is 0 Å². The fourth-order valence-electron chi connectivity index (χ4n) is 2.34. The Hall–Kier alpha value is -1.58. The fourth-order valence-corrected chi connectivity index (χ4v) is 2.34. The average molecular weight is 261 g/mol. The smallest absolute Gasteiger partial charge is 0.224 e. The molecule has 19 heavy (non-hydrogen) atoms. The summed E-state index contributed by atoms with van der Waals surface area (Å²) in [5.74, 6) is 1.90. The fraction of sp³-hybridized carbons (Fsp3) is 0.600. The number of carbonyl (C=O) groups is 1. The molecule has 0 unspecified atom stereocenters. The highest BCUT2D eigenvalue weighted by Crippen LogP contribution is 2.22. The van der Waals surface area contributed by atoms with Crippen molar-refractivity contribution in [1.29, 1.82) is 0 Å². The Bertz CT molecular complexity index is 408. The van der Waals surface area contributed by atoms with Crippen LogP contribution in [0.2, 0.25) is 0 Å². The number of carbonyl (C=O) groups excluding carboxylic acids is 1. The lowest BCUT2D eigenvalue weighted by molar-refractivity contribution is -0.116. The molecule has 0 aromatic carbocycles. The topological polar surface area (TPSA) is 45.2 Å². The maximum absolute atomic E-state index is 11.5. The van der Waals surface area contributed by atoms with E-state index in [1.54, 1.807) is 6.20 Å². The first kappa shape index (κ1) is 13.8. The zero-order chi connectivity index (χ0) is 13.7. The van der Waals surface area contributed by atoms with Crippen LogP contribution in [0.15, 0.2) is 18.3 Å². The minimum absolute atomic E-state index is 0.0591. The van der Waals surface area contributed by atoms with Crippen LogP contribution in [0.4, 0.5) is 11.5 Å². The second-order valence-corrected chi connectivity index (χ2v) is 5.37. The Kier molecular flexibility index (Phi) is 4.77. The van der Waals surface area contributed by atoms with E-state index in [1.807, 2.05) is 19.1 Å². The molecule has 1 aromatic rings. The van der Waals surface area contributed by atoms with Crippen molar-refractivity contribution in [2.45, 2.75) is 39.5 Å². The molecule has 104 valence electrons. The van der Waals surface area contributed by atoms with Gasteiger partial charge in [-0.3, -0.25) is 4.79 Å². The molecule has 2 rings (SSSR count). The van der Waals surface area contributed by atoms with E-state index in [2.05, 4.69) is 22.1 Å². The number of amides is 1. The van der Waals surface area contributed by atoms with Crippen molar-refractivity contribution in [3.63, 3.8) is 0 Å². The van der Waals surface area contributed by atoms with Gasteiger partial charge in [0.05, 0.1) is 11.9 Å². The molecule has 1 aliphatic heterocycles. The largest absolute Gasteiger partial charge is 0.357 e. The number of aromatic nitrogens is 1. The molecule has 0 atom stereocenters. The molecule has 0 bridgehead atoms. The molecule has 4 nitrogen and oxygen atoms in total. The van der Waals surface area contributed by atoms with Gasteiger partial charge >= 0.3 is 0 Å². The molecule has 1 amide bonds. The first-order chi connectivity index (χ1) is 9.19. The first-order valence-electron chi connectivity index (χ1n) is 7.20. The van der Waals surface area contributed by atoms with Crippen molar-refractivity contribution < 1.29 is 4.79 Å². The van der Waals surface area contributed by atoms with Gasteiger partial charge in [0.1, 0.15) is 5.82 Å². The minimum atomic E-state index is 0.0591. The summed E-state index contributed by atoms with van der Waals surface area (Å²) in [7, 11) is 0. The number of hydrogen-bond donors (Lipinski definition) is 1. The summed E-state index contributed by atoms with van der Waals surface area (Å²) in [5.41, 5.74) is 0.785. The van der Waals surface area contributed by atoms with E-state index in [0.29, 0.717) is 6.42 Å². The molecule has 1 fully saturated rings. The second-order valence-electron chi connectivity index (χ2n) is 5.37. The third-order valence-electron chi connectivity index (χ3n) is 3.62. The van der Waals surface area contributed by atoms with Crippen LogP contribution in [-0.4, -0.2) is 24.0 Å². The van der Waals surface area contributed by atoms with E-state index in [0.717, 1.165) is 36.9 Å². The summed E-state index contributed by atoms with van der Waals surface area (Å²) in [5, 5.41) is 2.86. The van der Waals surface area contributed by atoms with Gasteiger partial charge < -0.3 is 10.2 Å². The monoisotopic (exact) mass is 261 g/mol. The van der Waals surface area contributed by atoms with Gasteiger partial charge in [0, 0.05) is 19.5 Å². The minimum Gasteiger partial charge on any atom is -0.357 e. The molecule has 0 radical (unpaired) electrons. The van der Waals surface area contributed by atoms with E-state index < -0.39 is 0 Å². The molecule has 0 aliphatic carbocycles. The number of nitrogens with one attached hydrogen (secondary N) is 1. The number of rotatable bonds is 4. The lowest BCUT2D eigenvalue weighted by Crippen LogP contribution is -2.33. The zero-order valence-corrected chi connectivity index (χ0v) is 11.9. The lowest BCUT2D eigenvalue weighted by Gasteiger charge is -2.31. The van der Waals surface area contributed by atoms with Gasteiger partial charge in [0.25, 0.3) is 0 Å². The molecular weight excluding hydrogens is 238 g/mol. The summed E-state index contributed by atoms with van der Waals surface area (Å²) in [6, 6.07) is 3.94. The van der Waals surface area contributed by atoms with Crippen molar-refractivity contribution in [1.82, 2.24) is 4.98 Å². The van der Waals surface area contributed by atoms with Crippen LogP contribution in [0, 0.1) is 5.92 Å². The van der Waals surface area contributed by atoms with Gasteiger partial charge in [-0.2, -0.15) is 0 Å². The molecule has 1 aliphatic rings. The van der Waals surface area contributed by atoms with E-state index in [9.17, 15) is 4.79 Å². The van der Waals surface area contributed by atoms with Gasteiger partial charge in [0.2, 0.25) is 5.91 Å². The quantitative estimate of drug-likeness (QED) is 0.906. The van der Waals surface area contributed by atoms with Crippen LogP contribution < -0.4 is 10.2 Å². The van der Waals surface area contributed by atoms with Crippen LogP contribution in [0.1, 0.15) is 39.5 Å². The number of piperidine rings is 1. The number of anilines is 2. The predicted molar refractivity (Wildman–Crippen MR) is 78.4 cm³/mol. The highest BCUT2D eigenvalue weighted by Gasteiger charge is 2.16. The van der Waals surface area contributed by atoms with Crippen LogP contribution in [0.3, 0.4) is 0 Å². The highest BCUT2D eigenvalue weighted by molar-refractivity contribution is 5.90. The van der Waals surface area contributed by atoms with Gasteiger partial charge in [-0.15, -0.1) is 0 Å². The lowest BCUT2D eigenvalue weighted by atomic mass is 9.99. The van der Waals surface area contributed by atoms with Gasteiger partial charge in [-0.05, 0) is 37.3 Å². The molecular formula is C15H23N3O. The SMILES string of the molecule is CCCC(=O)Nc1ccc(N2CCC(C)CC2)nc1. The standard InChI is InChI=1S/C15H23N3O/c1-3-4-15(19)17-13-5-6-14(16-11-13)18-9-7-12(2)8-10-18/h5-6,11-12H,3-4,7-10H2,1-2H3,(H,17,19). The summed E-state index contributed by atoms with van der Waals surface area (Å²) in [4.78, 5) is 18.3.